The van der Waals surface area contributed by atoms with Gasteiger partial charge in [0.1, 0.15) is 29.0 Å². The number of nitrogens with zero attached hydrogens (tertiary/aromatic N) is 1. The number of hydrogen-bond donors (Lipinski definition) is 1. The second kappa shape index (κ2) is 11.7. The van der Waals surface area contributed by atoms with Crippen molar-refractivity contribution in [1.82, 2.24) is 10.2 Å². The van der Waals surface area contributed by atoms with E-state index < -0.39 is 6.04 Å². The Morgan fingerprint density at radius 3 is 1.97 bits per heavy atom. The van der Waals surface area contributed by atoms with Crippen molar-refractivity contribution in [2.75, 3.05) is 34.5 Å². The molecule has 0 saturated carbocycles. The minimum atomic E-state index is -0.669. The molecule has 2 aromatic rings. The highest BCUT2D eigenvalue weighted by atomic mass is 16.5. The Morgan fingerprint density at radius 1 is 0.903 bits per heavy atom. The van der Waals surface area contributed by atoms with E-state index in [0.717, 1.165) is 5.56 Å². The van der Waals surface area contributed by atoms with Gasteiger partial charge >= 0.3 is 0 Å². The molecule has 31 heavy (non-hydrogen) atoms. The first kappa shape index (κ1) is 23.9. The number of rotatable bonds is 11. The quantitative estimate of drug-likeness (QED) is 0.590. The van der Waals surface area contributed by atoms with Crippen LogP contribution in [0.4, 0.5) is 0 Å². The minimum absolute atomic E-state index is 0.229. The van der Waals surface area contributed by atoms with Crippen molar-refractivity contribution in [3.63, 3.8) is 0 Å². The molecule has 0 aliphatic carbocycles. The summed E-state index contributed by atoms with van der Waals surface area (Å²) in [6, 6.07) is 11.7. The fraction of sp³-hybridized carbons (Fsp3) is 0.391. The molecule has 8 nitrogen and oxygen atoms in total. The second-order valence-corrected chi connectivity index (χ2v) is 6.78. The minimum Gasteiger partial charge on any atom is -0.497 e. The van der Waals surface area contributed by atoms with Gasteiger partial charge < -0.3 is 29.2 Å². The molecule has 1 N–H and O–H groups in total. The molecule has 0 radical (unpaired) electrons. The van der Waals surface area contributed by atoms with Crippen molar-refractivity contribution >= 4 is 11.8 Å². The van der Waals surface area contributed by atoms with Gasteiger partial charge in [-0.05, 0) is 31.5 Å². The number of hydrogen-bond acceptors (Lipinski definition) is 6. The smallest absolute Gasteiger partial charge is 0.261 e. The van der Waals surface area contributed by atoms with E-state index in [2.05, 4.69) is 5.32 Å². The van der Waals surface area contributed by atoms with Gasteiger partial charge in [0.15, 0.2) is 6.61 Å². The van der Waals surface area contributed by atoms with Crippen molar-refractivity contribution in [3.8, 4) is 23.0 Å². The second-order valence-electron chi connectivity index (χ2n) is 6.78. The first-order valence-corrected chi connectivity index (χ1v) is 9.97. The highest BCUT2D eigenvalue weighted by Crippen LogP contribution is 2.27. The Labute approximate surface area is 183 Å². The van der Waals surface area contributed by atoms with E-state index in [4.69, 9.17) is 18.9 Å². The van der Waals surface area contributed by atoms with Crippen molar-refractivity contribution in [2.45, 2.75) is 26.4 Å². The average molecular weight is 431 g/mol. The predicted molar refractivity (Wildman–Crippen MR) is 117 cm³/mol. The van der Waals surface area contributed by atoms with Gasteiger partial charge in [-0.25, -0.2) is 0 Å². The molecule has 1 atom stereocenters. The van der Waals surface area contributed by atoms with Gasteiger partial charge in [0, 0.05) is 31.3 Å². The Hall–Kier alpha value is -3.42. The fourth-order valence-corrected chi connectivity index (χ4v) is 2.92. The van der Waals surface area contributed by atoms with Gasteiger partial charge in [-0.1, -0.05) is 12.1 Å². The maximum absolute atomic E-state index is 13.0. The Bertz CT molecular complexity index is 847. The van der Waals surface area contributed by atoms with Crippen LogP contribution in [-0.2, 0) is 16.1 Å². The molecule has 0 saturated heterocycles. The highest BCUT2D eigenvalue weighted by Gasteiger charge is 2.26. The van der Waals surface area contributed by atoms with Crippen molar-refractivity contribution in [3.05, 3.63) is 48.0 Å². The Morgan fingerprint density at radius 2 is 1.45 bits per heavy atom. The molecule has 0 fully saturated rings. The number of likely N-dealkylation sites (N-methyl/N-ethyl adjacent to an activating group) is 1. The topological polar surface area (TPSA) is 86.3 Å². The maximum Gasteiger partial charge on any atom is 0.261 e. The van der Waals surface area contributed by atoms with Gasteiger partial charge in [-0.3, -0.25) is 9.59 Å². The van der Waals surface area contributed by atoms with Crippen LogP contribution in [0.25, 0.3) is 0 Å². The summed E-state index contributed by atoms with van der Waals surface area (Å²) < 4.78 is 21.3. The van der Waals surface area contributed by atoms with Gasteiger partial charge in [-0.2, -0.15) is 0 Å². The van der Waals surface area contributed by atoms with Crippen LogP contribution < -0.4 is 24.3 Å². The zero-order valence-corrected chi connectivity index (χ0v) is 18.6. The van der Waals surface area contributed by atoms with E-state index in [1.807, 2.05) is 31.2 Å². The third-order valence-corrected chi connectivity index (χ3v) is 4.72. The number of carbonyl (C=O) groups excluding carboxylic acids is 2. The predicted octanol–water partition coefficient (Wildman–Crippen LogP) is 2.64. The summed E-state index contributed by atoms with van der Waals surface area (Å²) in [6.07, 6.45) is 0. The van der Waals surface area contributed by atoms with Crippen molar-refractivity contribution < 1.29 is 28.5 Å². The normalized spacial score (nSPS) is 11.3. The molecule has 2 amide bonds. The molecule has 0 bridgehead atoms. The molecular weight excluding hydrogens is 400 g/mol. The van der Waals surface area contributed by atoms with E-state index >= 15 is 0 Å². The summed E-state index contributed by atoms with van der Waals surface area (Å²) in [6.45, 7) is 4.02. The first-order chi connectivity index (χ1) is 14.9. The summed E-state index contributed by atoms with van der Waals surface area (Å²) in [4.78, 5) is 26.9. The molecule has 8 heteroatoms. The zero-order valence-electron chi connectivity index (χ0n) is 18.6. The molecule has 0 aliphatic rings. The monoisotopic (exact) mass is 430 g/mol. The van der Waals surface area contributed by atoms with Crippen molar-refractivity contribution in [2.24, 2.45) is 0 Å². The first-order valence-electron chi connectivity index (χ1n) is 9.97. The summed E-state index contributed by atoms with van der Waals surface area (Å²) in [5.74, 6) is 1.69. The van der Waals surface area contributed by atoms with Crippen molar-refractivity contribution in [1.29, 1.82) is 0 Å². The number of ether oxygens (including phenoxy) is 4. The lowest BCUT2D eigenvalue weighted by Gasteiger charge is -2.28. The van der Waals surface area contributed by atoms with Crippen LogP contribution in [0.5, 0.6) is 23.0 Å². The van der Waals surface area contributed by atoms with Gasteiger partial charge in [-0.15, -0.1) is 0 Å². The zero-order chi connectivity index (χ0) is 22.8. The molecule has 2 rings (SSSR count). The third kappa shape index (κ3) is 6.80. The van der Waals surface area contributed by atoms with Crippen LogP contribution in [0, 0.1) is 0 Å². The van der Waals surface area contributed by atoms with E-state index in [0.29, 0.717) is 29.5 Å². The fourth-order valence-electron chi connectivity index (χ4n) is 2.92. The third-order valence-electron chi connectivity index (χ3n) is 4.72. The summed E-state index contributed by atoms with van der Waals surface area (Å²) in [5.41, 5.74) is 0.869. The van der Waals surface area contributed by atoms with Crippen LogP contribution in [-0.4, -0.2) is 57.2 Å². The lowest BCUT2D eigenvalue weighted by molar-refractivity contribution is -0.142. The van der Waals surface area contributed by atoms with E-state index in [1.165, 1.54) is 19.1 Å². The van der Waals surface area contributed by atoms with Gasteiger partial charge in [0.25, 0.3) is 5.91 Å². The molecule has 0 aromatic heterocycles. The number of carbonyl (C=O) groups is 2. The average Bonchev–Trinajstić information content (AvgIpc) is 2.80. The SMILES string of the molecule is CCNC(=O)[C@H](C)N(Cc1ccc(OC)cc1)C(=O)COc1cc(OC)cc(OC)c1. The molecule has 0 aliphatic heterocycles. The number of amides is 2. The number of benzene rings is 2. The van der Waals surface area contributed by atoms with Crippen LogP contribution in [0.15, 0.2) is 42.5 Å². The lowest BCUT2D eigenvalue weighted by atomic mass is 10.1. The number of methoxy groups -OCH3 is 3. The van der Waals surface area contributed by atoms with Crippen LogP contribution in [0.1, 0.15) is 19.4 Å². The van der Waals surface area contributed by atoms with Crippen LogP contribution in [0.2, 0.25) is 0 Å². The molecule has 0 unspecified atom stereocenters. The van der Waals surface area contributed by atoms with Gasteiger partial charge in [0.2, 0.25) is 5.91 Å². The molecule has 168 valence electrons. The largest absolute Gasteiger partial charge is 0.497 e. The summed E-state index contributed by atoms with van der Waals surface area (Å²) >= 11 is 0. The highest BCUT2D eigenvalue weighted by molar-refractivity contribution is 5.87. The van der Waals surface area contributed by atoms with Crippen LogP contribution >= 0.6 is 0 Å². The standard InChI is InChI=1S/C23H30N2O6/c1-6-24-23(27)16(2)25(14-17-7-9-18(28-3)10-8-17)22(26)15-31-21-12-19(29-4)11-20(13-21)30-5/h7-13,16H,6,14-15H2,1-5H3,(H,24,27)/t16-/m0/s1. The number of nitrogens with one attached hydrogen (secondary N) is 1. The van der Waals surface area contributed by atoms with E-state index in [1.54, 1.807) is 32.2 Å². The maximum atomic E-state index is 13.0. The Kier molecular flexibility index (Phi) is 8.99. The molecule has 2 aromatic carbocycles. The summed E-state index contributed by atoms with van der Waals surface area (Å²) in [5, 5.41) is 2.76. The van der Waals surface area contributed by atoms with E-state index in [9.17, 15) is 9.59 Å². The van der Waals surface area contributed by atoms with Gasteiger partial charge in [0.05, 0.1) is 21.3 Å². The van der Waals surface area contributed by atoms with Crippen LogP contribution in [0.3, 0.4) is 0 Å². The lowest BCUT2D eigenvalue weighted by Crippen LogP contribution is -2.49. The molecular formula is C23H30N2O6. The molecule has 0 heterocycles. The van der Waals surface area contributed by atoms with E-state index in [-0.39, 0.29) is 25.0 Å². The Balaban J connectivity index is 2.17. The molecule has 0 spiro atoms. The summed E-state index contributed by atoms with van der Waals surface area (Å²) in [7, 11) is 4.66.